The molecule has 3 atom stereocenters. The molecule has 0 aromatic rings. The topological polar surface area (TPSA) is 30.5 Å². The zero-order valence-corrected chi connectivity index (χ0v) is 11.4. The average molecular weight is 229 g/mol. The van der Waals surface area contributed by atoms with Crippen molar-refractivity contribution in [1.29, 1.82) is 0 Å². The van der Waals surface area contributed by atoms with Crippen LogP contribution in [-0.4, -0.2) is 38.5 Å². The molecule has 1 saturated carbocycles. The van der Waals surface area contributed by atoms with Crippen LogP contribution in [0, 0.1) is 5.41 Å². The summed E-state index contributed by atoms with van der Waals surface area (Å²) in [5, 5.41) is 3.27. The van der Waals surface area contributed by atoms with Gasteiger partial charge in [-0.1, -0.05) is 20.8 Å². The fourth-order valence-corrected chi connectivity index (χ4v) is 1.96. The second kappa shape index (κ2) is 5.99. The molecule has 16 heavy (non-hydrogen) atoms. The highest BCUT2D eigenvalue weighted by molar-refractivity contribution is 4.96. The molecule has 0 aromatic heterocycles. The Morgan fingerprint density at radius 1 is 1.25 bits per heavy atom. The van der Waals surface area contributed by atoms with Gasteiger partial charge in [0.25, 0.3) is 0 Å². The lowest BCUT2D eigenvalue weighted by Crippen LogP contribution is -2.59. The summed E-state index contributed by atoms with van der Waals surface area (Å²) in [4.78, 5) is 0. The van der Waals surface area contributed by atoms with Crippen molar-refractivity contribution in [1.82, 2.24) is 5.32 Å². The van der Waals surface area contributed by atoms with Gasteiger partial charge in [-0.15, -0.1) is 0 Å². The Balaban J connectivity index is 2.22. The van der Waals surface area contributed by atoms with E-state index in [-0.39, 0.29) is 6.10 Å². The van der Waals surface area contributed by atoms with E-state index in [1.54, 1.807) is 0 Å². The summed E-state index contributed by atoms with van der Waals surface area (Å²) in [6.07, 6.45) is 2.72. The van der Waals surface area contributed by atoms with Crippen molar-refractivity contribution in [3.8, 4) is 0 Å². The first kappa shape index (κ1) is 13.9. The van der Waals surface area contributed by atoms with Gasteiger partial charge in [0, 0.05) is 19.3 Å². The summed E-state index contributed by atoms with van der Waals surface area (Å²) in [5.74, 6) is 0. The molecule has 3 heteroatoms. The third-order valence-corrected chi connectivity index (χ3v) is 3.16. The lowest BCUT2D eigenvalue weighted by atomic mass is 9.85. The van der Waals surface area contributed by atoms with Gasteiger partial charge in [0.05, 0.1) is 12.2 Å². The number of ether oxygens (including phenoxy) is 2. The van der Waals surface area contributed by atoms with Crippen LogP contribution < -0.4 is 5.32 Å². The normalized spacial score (nSPS) is 30.2. The maximum atomic E-state index is 5.89. The first-order valence-electron chi connectivity index (χ1n) is 6.38. The summed E-state index contributed by atoms with van der Waals surface area (Å²) in [5.41, 5.74) is 0.354. The number of hydrogen-bond donors (Lipinski definition) is 1. The second-order valence-corrected chi connectivity index (χ2v) is 5.77. The molecular weight excluding hydrogens is 202 g/mol. The average Bonchev–Trinajstić information content (AvgIpc) is 2.17. The molecule has 0 radical (unpaired) electrons. The predicted molar refractivity (Wildman–Crippen MR) is 66.7 cm³/mol. The Morgan fingerprint density at radius 3 is 2.44 bits per heavy atom. The van der Waals surface area contributed by atoms with Crippen molar-refractivity contribution in [2.24, 2.45) is 5.41 Å². The Bertz CT molecular complexity index is 201. The number of hydrogen-bond acceptors (Lipinski definition) is 3. The molecule has 0 spiro atoms. The van der Waals surface area contributed by atoms with Crippen LogP contribution in [0.2, 0.25) is 0 Å². The molecule has 0 aromatic carbocycles. The maximum Gasteiger partial charge on any atom is 0.0990 e. The van der Waals surface area contributed by atoms with Gasteiger partial charge >= 0.3 is 0 Å². The van der Waals surface area contributed by atoms with Gasteiger partial charge in [0.2, 0.25) is 0 Å². The third kappa shape index (κ3) is 4.04. The summed E-state index contributed by atoms with van der Waals surface area (Å²) in [7, 11) is 1.99. The fraction of sp³-hybridized carbons (Fsp3) is 1.00. The molecule has 0 amide bonds. The molecule has 0 heterocycles. The van der Waals surface area contributed by atoms with Gasteiger partial charge in [0.1, 0.15) is 0 Å². The second-order valence-electron chi connectivity index (χ2n) is 5.77. The van der Waals surface area contributed by atoms with Gasteiger partial charge in [-0.3, -0.25) is 0 Å². The SMILES string of the molecule is CCOC1C(NC)CC1OCCC(C)(C)C. The van der Waals surface area contributed by atoms with Crippen LogP contribution in [0.15, 0.2) is 0 Å². The summed E-state index contributed by atoms with van der Waals surface area (Å²) < 4.78 is 11.6. The van der Waals surface area contributed by atoms with E-state index in [9.17, 15) is 0 Å². The fourth-order valence-electron chi connectivity index (χ4n) is 1.96. The summed E-state index contributed by atoms with van der Waals surface area (Å²) in [6.45, 7) is 10.4. The smallest absolute Gasteiger partial charge is 0.0990 e. The van der Waals surface area contributed by atoms with Crippen LogP contribution in [0.1, 0.15) is 40.5 Å². The van der Waals surface area contributed by atoms with Crippen LogP contribution in [0.5, 0.6) is 0 Å². The maximum absolute atomic E-state index is 5.89. The van der Waals surface area contributed by atoms with Crippen LogP contribution in [0.4, 0.5) is 0 Å². The van der Waals surface area contributed by atoms with E-state index in [2.05, 4.69) is 26.1 Å². The Kier molecular flexibility index (Phi) is 5.22. The largest absolute Gasteiger partial charge is 0.375 e. The minimum atomic E-state index is 0.245. The van der Waals surface area contributed by atoms with E-state index < -0.39 is 0 Å². The predicted octanol–water partition coefficient (Wildman–Crippen LogP) is 2.20. The standard InChI is InChI=1S/C13H27NO2/c1-6-15-12-10(14-5)9-11(12)16-8-7-13(2,3)4/h10-12,14H,6-9H2,1-5H3. The molecule has 96 valence electrons. The van der Waals surface area contributed by atoms with E-state index in [4.69, 9.17) is 9.47 Å². The zero-order chi connectivity index (χ0) is 12.2. The van der Waals surface area contributed by atoms with E-state index in [0.29, 0.717) is 17.6 Å². The van der Waals surface area contributed by atoms with Crippen LogP contribution >= 0.6 is 0 Å². The first-order valence-corrected chi connectivity index (χ1v) is 6.38. The molecule has 0 bridgehead atoms. The third-order valence-electron chi connectivity index (χ3n) is 3.16. The van der Waals surface area contributed by atoms with E-state index in [0.717, 1.165) is 26.1 Å². The Hall–Kier alpha value is -0.120. The van der Waals surface area contributed by atoms with Gasteiger partial charge in [0.15, 0.2) is 0 Å². The summed E-state index contributed by atoms with van der Waals surface area (Å²) in [6, 6.07) is 0.472. The molecule has 3 nitrogen and oxygen atoms in total. The summed E-state index contributed by atoms with van der Waals surface area (Å²) >= 11 is 0. The highest BCUT2D eigenvalue weighted by Crippen LogP contribution is 2.28. The molecular formula is C13H27NO2. The van der Waals surface area contributed by atoms with E-state index in [1.807, 2.05) is 14.0 Å². The number of nitrogens with one attached hydrogen (secondary N) is 1. The number of rotatable bonds is 6. The Labute approximate surface area is 99.9 Å². The minimum Gasteiger partial charge on any atom is -0.375 e. The quantitative estimate of drug-likeness (QED) is 0.757. The molecule has 1 aliphatic rings. The van der Waals surface area contributed by atoms with Crippen LogP contribution in [0.25, 0.3) is 0 Å². The molecule has 0 aliphatic heterocycles. The monoisotopic (exact) mass is 229 g/mol. The molecule has 1 aliphatic carbocycles. The molecule has 1 N–H and O–H groups in total. The van der Waals surface area contributed by atoms with Crippen molar-refractivity contribution in [3.05, 3.63) is 0 Å². The van der Waals surface area contributed by atoms with Crippen molar-refractivity contribution in [3.63, 3.8) is 0 Å². The molecule has 3 unspecified atom stereocenters. The molecule has 1 rings (SSSR count). The van der Waals surface area contributed by atoms with E-state index in [1.165, 1.54) is 0 Å². The van der Waals surface area contributed by atoms with Crippen molar-refractivity contribution < 1.29 is 9.47 Å². The van der Waals surface area contributed by atoms with Gasteiger partial charge < -0.3 is 14.8 Å². The number of likely N-dealkylation sites (N-methyl/N-ethyl adjacent to an activating group) is 1. The highest BCUT2D eigenvalue weighted by Gasteiger charge is 2.41. The Morgan fingerprint density at radius 2 is 1.94 bits per heavy atom. The van der Waals surface area contributed by atoms with Crippen molar-refractivity contribution >= 4 is 0 Å². The molecule has 1 fully saturated rings. The minimum absolute atomic E-state index is 0.245. The van der Waals surface area contributed by atoms with Crippen molar-refractivity contribution in [2.45, 2.75) is 58.8 Å². The van der Waals surface area contributed by atoms with Crippen LogP contribution in [0.3, 0.4) is 0 Å². The van der Waals surface area contributed by atoms with Crippen LogP contribution in [-0.2, 0) is 9.47 Å². The lowest BCUT2D eigenvalue weighted by Gasteiger charge is -2.43. The van der Waals surface area contributed by atoms with Crippen molar-refractivity contribution in [2.75, 3.05) is 20.3 Å². The highest BCUT2D eigenvalue weighted by atomic mass is 16.5. The van der Waals surface area contributed by atoms with Gasteiger partial charge in [-0.25, -0.2) is 0 Å². The first-order chi connectivity index (χ1) is 7.48. The van der Waals surface area contributed by atoms with E-state index >= 15 is 0 Å². The van der Waals surface area contributed by atoms with Gasteiger partial charge in [-0.05, 0) is 32.2 Å². The lowest BCUT2D eigenvalue weighted by molar-refractivity contribution is -0.146. The zero-order valence-electron chi connectivity index (χ0n) is 11.4. The van der Waals surface area contributed by atoms with Gasteiger partial charge in [-0.2, -0.15) is 0 Å². The molecule has 0 saturated heterocycles.